The van der Waals surface area contributed by atoms with Gasteiger partial charge in [-0.1, -0.05) is 24.3 Å². The zero-order valence-corrected chi connectivity index (χ0v) is 19.7. The molecule has 9 heteroatoms. The summed E-state index contributed by atoms with van der Waals surface area (Å²) in [4.78, 5) is 48.6. The van der Waals surface area contributed by atoms with E-state index in [1.54, 1.807) is 11.1 Å². The monoisotopic (exact) mass is 472 g/mol. The lowest BCUT2D eigenvalue weighted by Gasteiger charge is -2.35. The molecule has 2 aliphatic heterocycles. The van der Waals surface area contributed by atoms with Gasteiger partial charge in [-0.2, -0.15) is 5.10 Å². The Morgan fingerprint density at radius 2 is 1.74 bits per heavy atom. The zero-order chi connectivity index (χ0) is 24.4. The highest BCUT2D eigenvalue weighted by molar-refractivity contribution is 6.06. The van der Waals surface area contributed by atoms with E-state index in [0.717, 1.165) is 23.5 Å². The summed E-state index contributed by atoms with van der Waals surface area (Å²) in [6.07, 6.45) is 2.69. The van der Waals surface area contributed by atoms with Gasteiger partial charge in [-0.15, -0.1) is 0 Å². The molecule has 35 heavy (non-hydrogen) atoms. The quantitative estimate of drug-likeness (QED) is 0.564. The van der Waals surface area contributed by atoms with Crippen LogP contribution in [0.25, 0.3) is 0 Å². The van der Waals surface area contributed by atoms with Crippen LogP contribution in [0, 0.1) is 0 Å². The second-order valence-corrected chi connectivity index (χ2v) is 8.94. The molecule has 1 atom stereocenters. The number of pyridine rings is 1. The van der Waals surface area contributed by atoms with Crippen LogP contribution >= 0.6 is 0 Å². The van der Waals surface area contributed by atoms with Crippen molar-refractivity contribution in [3.63, 3.8) is 0 Å². The lowest BCUT2D eigenvalue weighted by atomic mass is 10.1. The van der Waals surface area contributed by atoms with Gasteiger partial charge in [-0.05, 0) is 43.2 Å². The highest BCUT2D eigenvalue weighted by Crippen LogP contribution is 2.32. The molecule has 0 aliphatic carbocycles. The molecule has 0 radical (unpaired) electrons. The highest BCUT2D eigenvalue weighted by atomic mass is 16.2. The first-order chi connectivity index (χ1) is 17.0. The van der Waals surface area contributed by atoms with Crippen LogP contribution in [0.15, 0.2) is 65.6 Å². The van der Waals surface area contributed by atoms with Crippen LogP contribution in [0.5, 0.6) is 0 Å². The number of carbonyl (C=O) groups is 2. The van der Waals surface area contributed by atoms with Crippen LogP contribution < -0.4 is 15.4 Å². The van der Waals surface area contributed by atoms with Crippen molar-refractivity contribution in [1.82, 2.24) is 19.7 Å². The van der Waals surface area contributed by atoms with Crippen LogP contribution in [-0.2, 0) is 17.8 Å². The standard InChI is InChI=1S/C26H28N6O3/c1-19-18-20-6-2-3-7-22(20)32(19)26(35)21-9-10-25(34)31(28-21)13-11-24(33)30-16-14-29(15-17-30)23-8-4-5-12-27-23/h2-10,12,19H,11,13-18H2,1H3/t19-/m0/s1. The van der Waals surface area contributed by atoms with Crippen molar-refractivity contribution < 1.29 is 9.59 Å². The lowest BCUT2D eigenvalue weighted by Crippen LogP contribution is -2.49. The molecule has 0 saturated carbocycles. The van der Waals surface area contributed by atoms with Gasteiger partial charge in [0.05, 0.1) is 6.54 Å². The normalized spacial score (nSPS) is 17.4. The van der Waals surface area contributed by atoms with Crippen LogP contribution in [-0.4, -0.2) is 63.7 Å². The number of carbonyl (C=O) groups excluding carboxylic acids is 2. The molecule has 0 N–H and O–H groups in total. The minimum atomic E-state index is -0.329. The molecule has 2 aliphatic rings. The van der Waals surface area contributed by atoms with Crippen molar-refractivity contribution in [1.29, 1.82) is 0 Å². The Balaban J connectivity index is 1.22. The third-order valence-corrected chi connectivity index (χ3v) is 6.65. The summed E-state index contributed by atoms with van der Waals surface area (Å²) in [5.41, 5.74) is 1.87. The molecule has 2 amide bonds. The fourth-order valence-electron chi connectivity index (χ4n) is 4.81. The van der Waals surface area contributed by atoms with Crippen LogP contribution in [0.4, 0.5) is 11.5 Å². The summed E-state index contributed by atoms with van der Waals surface area (Å²) in [7, 11) is 0. The maximum atomic E-state index is 13.3. The Morgan fingerprint density at radius 1 is 0.971 bits per heavy atom. The van der Waals surface area contributed by atoms with E-state index in [0.29, 0.717) is 26.2 Å². The number of rotatable bonds is 5. The topological polar surface area (TPSA) is 91.6 Å². The third kappa shape index (κ3) is 4.66. The van der Waals surface area contributed by atoms with Gasteiger partial charge < -0.3 is 14.7 Å². The first-order valence-electron chi connectivity index (χ1n) is 11.9. The van der Waals surface area contributed by atoms with E-state index in [9.17, 15) is 14.4 Å². The first-order valence-corrected chi connectivity index (χ1v) is 11.9. The fraction of sp³-hybridized carbons (Fsp3) is 0.346. The number of aryl methyl sites for hydroxylation is 1. The number of amides is 2. The Labute approximate surface area is 203 Å². The molecule has 180 valence electrons. The van der Waals surface area contributed by atoms with Gasteiger partial charge in [-0.3, -0.25) is 14.4 Å². The Morgan fingerprint density at radius 3 is 2.51 bits per heavy atom. The molecular weight excluding hydrogens is 444 g/mol. The maximum absolute atomic E-state index is 13.3. The Kier molecular flexibility index (Phi) is 6.31. The molecule has 0 unspecified atom stereocenters. The van der Waals surface area contributed by atoms with Gasteiger partial charge in [0.2, 0.25) is 5.91 Å². The van der Waals surface area contributed by atoms with E-state index in [-0.39, 0.29) is 42.1 Å². The van der Waals surface area contributed by atoms with E-state index in [2.05, 4.69) is 15.0 Å². The Bertz CT molecular complexity index is 1280. The van der Waals surface area contributed by atoms with Crippen molar-refractivity contribution in [3.05, 3.63) is 82.4 Å². The van der Waals surface area contributed by atoms with E-state index in [1.807, 2.05) is 54.3 Å². The highest BCUT2D eigenvalue weighted by Gasteiger charge is 2.32. The number of piperazine rings is 1. The number of hydrogen-bond donors (Lipinski definition) is 0. The number of anilines is 2. The SMILES string of the molecule is C[C@H]1Cc2ccccc2N1C(=O)c1ccc(=O)n(CCC(=O)N2CCN(c3ccccn3)CC2)n1. The average Bonchev–Trinajstić information content (AvgIpc) is 3.23. The predicted molar refractivity (Wildman–Crippen MR) is 133 cm³/mol. The van der Waals surface area contributed by atoms with Gasteiger partial charge in [0.25, 0.3) is 11.5 Å². The minimum absolute atomic E-state index is 0.00779. The van der Waals surface area contributed by atoms with Crippen molar-refractivity contribution in [2.24, 2.45) is 0 Å². The van der Waals surface area contributed by atoms with Gasteiger partial charge in [0.1, 0.15) is 11.5 Å². The van der Waals surface area contributed by atoms with E-state index >= 15 is 0 Å². The molecule has 3 aromatic rings. The van der Waals surface area contributed by atoms with Crippen molar-refractivity contribution in [2.45, 2.75) is 32.4 Å². The van der Waals surface area contributed by atoms with Crippen molar-refractivity contribution in [2.75, 3.05) is 36.0 Å². The second-order valence-electron chi connectivity index (χ2n) is 8.94. The summed E-state index contributed by atoms with van der Waals surface area (Å²) < 4.78 is 1.22. The minimum Gasteiger partial charge on any atom is -0.353 e. The lowest BCUT2D eigenvalue weighted by molar-refractivity contribution is -0.131. The number of para-hydroxylation sites is 1. The van der Waals surface area contributed by atoms with Crippen molar-refractivity contribution >= 4 is 23.3 Å². The summed E-state index contributed by atoms with van der Waals surface area (Å²) >= 11 is 0. The summed E-state index contributed by atoms with van der Waals surface area (Å²) in [6.45, 7) is 4.75. The number of nitrogens with zero attached hydrogens (tertiary/aromatic N) is 6. The molecule has 2 aromatic heterocycles. The number of fused-ring (bicyclic) bond motifs is 1. The number of benzene rings is 1. The summed E-state index contributed by atoms with van der Waals surface area (Å²) in [6, 6.07) is 16.4. The molecular formula is C26H28N6O3. The van der Waals surface area contributed by atoms with Gasteiger partial charge in [-0.25, -0.2) is 9.67 Å². The third-order valence-electron chi connectivity index (χ3n) is 6.65. The average molecular weight is 473 g/mol. The van der Waals surface area contributed by atoms with E-state index < -0.39 is 0 Å². The maximum Gasteiger partial charge on any atom is 0.278 e. The molecule has 1 aromatic carbocycles. The number of aromatic nitrogens is 3. The zero-order valence-electron chi connectivity index (χ0n) is 19.7. The molecule has 0 bridgehead atoms. The first kappa shape index (κ1) is 22.8. The van der Waals surface area contributed by atoms with Gasteiger partial charge in [0.15, 0.2) is 0 Å². The van der Waals surface area contributed by atoms with Crippen molar-refractivity contribution in [3.8, 4) is 0 Å². The summed E-state index contributed by atoms with van der Waals surface area (Å²) in [5.74, 6) is 0.637. The molecule has 1 saturated heterocycles. The van der Waals surface area contributed by atoms with Gasteiger partial charge in [0, 0.05) is 56.6 Å². The van der Waals surface area contributed by atoms with E-state index in [4.69, 9.17) is 0 Å². The smallest absolute Gasteiger partial charge is 0.278 e. The molecule has 9 nitrogen and oxygen atoms in total. The molecule has 5 rings (SSSR count). The molecule has 0 spiro atoms. The summed E-state index contributed by atoms with van der Waals surface area (Å²) in [5, 5.41) is 4.32. The predicted octanol–water partition coefficient (Wildman–Crippen LogP) is 1.97. The van der Waals surface area contributed by atoms with Gasteiger partial charge >= 0.3 is 0 Å². The van der Waals surface area contributed by atoms with Crippen LogP contribution in [0.3, 0.4) is 0 Å². The second kappa shape index (κ2) is 9.69. The van der Waals surface area contributed by atoms with Crippen LogP contribution in [0.1, 0.15) is 29.4 Å². The fourth-order valence-corrected chi connectivity index (χ4v) is 4.81. The molecule has 4 heterocycles. The molecule has 1 fully saturated rings. The van der Waals surface area contributed by atoms with E-state index in [1.165, 1.54) is 16.8 Å². The Hall–Kier alpha value is -4.01. The van der Waals surface area contributed by atoms with Crippen LogP contribution in [0.2, 0.25) is 0 Å². The number of hydrogen-bond acceptors (Lipinski definition) is 6. The largest absolute Gasteiger partial charge is 0.353 e.